The fraction of sp³-hybridized carbons (Fsp3) is 0.625. The van der Waals surface area contributed by atoms with Crippen molar-refractivity contribution in [3.8, 4) is 0 Å². The number of hydrogen-bond acceptors (Lipinski definition) is 3. The lowest BCUT2D eigenvalue weighted by atomic mass is 9.99. The highest BCUT2D eigenvalue weighted by atomic mass is 15.2. The predicted octanol–water partition coefficient (Wildman–Crippen LogP) is 3.20. The van der Waals surface area contributed by atoms with Crippen LogP contribution >= 0.6 is 0 Å². The number of likely N-dealkylation sites (tertiary alicyclic amines) is 1. The average Bonchev–Trinajstić information content (AvgIpc) is 3.17. The summed E-state index contributed by atoms with van der Waals surface area (Å²) >= 11 is 0. The number of imidazole rings is 1. The van der Waals surface area contributed by atoms with Gasteiger partial charge >= 0.3 is 0 Å². The molecular weight excluding hydrogens is 262 g/mol. The van der Waals surface area contributed by atoms with Crippen molar-refractivity contribution >= 4 is 0 Å². The molecular formula is C16H25N5. The van der Waals surface area contributed by atoms with Crippen LogP contribution in [0.15, 0.2) is 18.5 Å². The molecule has 0 unspecified atom stereocenters. The molecule has 2 aromatic heterocycles. The van der Waals surface area contributed by atoms with Crippen LogP contribution in [-0.2, 0) is 13.0 Å². The lowest BCUT2D eigenvalue weighted by Gasteiger charge is -2.34. The summed E-state index contributed by atoms with van der Waals surface area (Å²) in [7, 11) is 0. The molecule has 2 N–H and O–H groups in total. The SMILES string of the molecule is CCCCc1ncc(CN2CCCC[C@@H]2c2ccn[nH]2)[nH]1. The number of nitrogens with zero attached hydrogens (tertiary/aromatic N) is 3. The van der Waals surface area contributed by atoms with Crippen LogP contribution in [0.3, 0.4) is 0 Å². The second kappa shape index (κ2) is 6.89. The minimum atomic E-state index is 0.462. The number of aromatic nitrogens is 4. The Hall–Kier alpha value is -1.62. The van der Waals surface area contributed by atoms with E-state index in [0.717, 1.165) is 25.3 Å². The first-order valence-corrected chi connectivity index (χ1v) is 8.13. The fourth-order valence-corrected chi connectivity index (χ4v) is 3.16. The largest absolute Gasteiger partial charge is 0.345 e. The van der Waals surface area contributed by atoms with Gasteiger partial charge in [-0.05, 0) is 31.9 Å². The highest BCUT2D eigenvalue weighted by Gasteiger charge is 2.25. The van der Waals surface area contributed by atoms with Gasteiger partial charge < -0.3 is 4.98 Å². The van der Waals surface area contributed by atoms with Gasteiger partial charge in [-0.1, -0.05) is 19.8 Å². The van der Waals surface area contributed by atoms with Gasteiger partial charge in [-0.15, -0.1) is 0 Å². The monoisotopic (exact) mass is 287 g/mol. The third kappa shape index (κ3) is 3.53. The smallest absolute Gasteiger partial charge is 0.106 e. The van der Waals surface area contributed by atoms with E-state index in [2.05, 4.69) is 38.1 Å². The van der Waals surface area contributed by atoms with Crippen LogP contribution in [0.5, 0.6) is 0 Å². The Morgan fingerprint density at radius 1 is 1.38 bits per heavy atom. The number of hydrogen-bond donors (Lipinski definition) is 2. The first-order chi connectivity index (χ1) is 10.4. The lowest BCUT2D eigenvalue weighted by Crippen LogP contribution is -2.33. The fourth-order valence-electron chi connectivity index (χ4n) is 3.16. The first-order valence-electron chi connectivity index (χ1n) is 8.13. The zero-order valence-corrected chi connectivity index (χ0v) is 12.8. The molecule has 0 bridgehead atoms. The molecule has 3 rings (SSSR count). The second-order valence-electron chi connectivity index (χ2n) is 5.95. The Kier molecular flexibility index (Phi) is 4.70. The van der Waals surface area contributed by atoms with Crippen LogP contribution in [-0.4, -0.2) is 31.6 Å². The van der Waals surface area contributed by atoms with Gasteiger partial charge in [0.1, 0.15) is 5.82 Å². The van der Waals surface area contributed by atoms with E-state index in [-0.39, 0.29) is 0 Å². The van der Waals surface area contributed by atoms with Crippen LogP contribution < -0.4 is 0 Å². The van der Waals surface area contributed by atoms with Crippen molar-refractivity contribution in [2.24, 2.45) is 0 Å². The molecule has 0 radical (unpaired) electrons. The maximum absolute atomic E-state index is 4.50. The summed E-state index contributed by atoms with van der Waals surface area (Å²) in [6, 6.07) is 2.56. The topological polar surface area (TPSA) is 60.6 Å². The molecule has 1 aliphatic rings. The van der Waals surface area contributed by atoms with Crippen molar-refractivity contribution in [1.29, 1.82) is 0 Å². The Morgan fingerprint density at radius 3 is 3.14 bits per heavy atom. The van der Waals surface area contributed by atoms with Gasteiger partial charge in [0.15, 0.2) is 0 Å². The van der Waals surface area contributed by atoms with Crippen LogP contribution in [0.4, 0.5) is 0 Å². The van der Waals surface area contributed by atoms with Crippen LogP contribution in [0, 0.1) is 0 Å². The van der Waals surface area contributed by atoms with Gasteiger partial charge in [-0.2, -0.15) is 5.10 Å². The summed E-state index contributed by atoms with van der Waals surface area (Å²) in [6.07, 6.45) is 11.1. The maximum atomic E-state index is 4.50. The lowest BCUT2D eigenvalue weighted by molar-refractivity contribution is 0.135. The van der Waals surface area contributed by atoms with Crippen LogP contribution in [0.1, 0.15) is 62.3 Å². The molecule has 2 aromatic rings. The van der Waals surface area contributed by atoms with Gasteiger partial charge in [-0.25, -0.2) is 4.98 Å². The Balaban J connectivity index is 1.65. The number of H-pyrrole nitrogens is 2. The molecule has 0 aliphatic carbocycles. The van der Waals surface area contributed by atoms with Crippen molar-refractivity contribution in [3.63, 3.8) is 0 Å². The molecule has 5 nitrogen and oxygen atoms in total. The number of aryl methyl sites for hydroxylation is 1. The van der Waals surface area contributed by atoms with E-state index in [9.17, 15) is 0 Å². The van der Waals surface area contributed by atoms with Crippen molar-refractivity contribution in [3.05, 3.63) is 35.7 Å². The molecule has 1 fully saturated rings. The molecule has 0 spiro atoms. The summed E-state index contributed by atoms with van der Waals surface area (Å²) in [6.45, 7) is 4.31. The summed E-state index contributed by atoms with van der Waals surface area (Å²) in [5, 5.41) is 7.24. The molecule has 1 saturated heterocycles. The van der Waals surface area contributed by atoms with E-state index in [4.69, 9.17) is 0 Å². The normalized spacial score (nSPS) is 20.0. The molecule has 1 aliphatic heterocycles. The molecule has 21 heavy (non-hydrogen) atoms. The van der Waals surface area contributed by atoms with Gasteiger partial charge in [0.25, 0.3) is 0 Å². The number of piperidine rings is 1. The van der Waals surface area contributed by atoms with Crippen molar-refractivity contribution in [2.75, 3.05) is 6.54 Å². The summed E-state index contributed by atoms with van der Waals surface area (Å²) in [5.74, 6) is 1.13. The van der Waals surface area contributed by atoms with Crippen molar-refractivity contribution < 1.29 is 0 Å². The maximum Gasteiger partial charge on any atom is 0.106 e. The van der Waals surface area contributed by atoms with Gasteiger partial charge in [0, 0.05) is 31.1 Å². The van der Waals surface area contributed by atoms with Crippen molar-refractivity contribution in [2.45, 2.75) is 58.0 Å². The van der Waals surface area contributed by atoms with E-state index in [1.165, 1.54) is 43.5 Å². The summed E-state index contributed by atoms with van der Waals surface area (Å²) in [5.41, 5.74) is 2.47. The Morgan fingerprint density at radius 2 is 2.33 bits per heavy atom. The van der Waals surface area contributed by atoms with E-state index in [1.807, 2.05) is 12.4 Å². The summed E-state index contributed by atoms with van der Waals surface area (Å²) < 4.78 is 0. The van der Waals surface area contributed by atoms with Gasteiger partial charge in [-0.3, -0.25) is 10.00 Å². The van der Waals surface area contributed by atoms with Gasteiger partial charge in [0.05, 0.1) is 11.7 Å². The quantitative estimate of drug-likeness (QED) is 0.857. The third-order valence-electron chi connectivity index (χ3n) is 4.32. The molecule has 0 amide bonds. The molecule has 0 saturated carbocycles. The highest BCUT2D eigenvalue weighted by Crippen LogP contribution is 2.30. The number of rotatable bonds is 6. The molecule has 3 heterocycles. The second-order valence-corrected chi connectivity index (χ2v) is 5.95. The van der Waals surface area contributed by atoms with Crippen LogP contribution in [0.25, 0.3) is 0 Å². The van der Waals surface area contributed by atoms with E-state index in [0.29, 0.717) is 6.04 Å². The zero-order valence-electron chi connectivity index (χ0n) is 12.8. The standard InChI is InChI=1S/C16H25N5/c1-2-3-7-16-17-11-13(19-16)12-21-10-5-4-6-15(21)14-8-9-18-20-14/h8-9,11,15H,2-7,10,12H2,1H3,(H,17,19)(H,18,20)/t15-/m1/s1. The highest BCUT2D eigenvalue weighted by molar-refractivity contribution is 5.08. The van der Waals surface area contributed by atoms with E-state index >= 15 is 0 Å². The molecule has 5 heteroatoms. The van der Waals surface area contributed by atoms with Crippen LogP contribution in [0.2, 0.25) is 0 Å². The van der Waals surface area contributed by atoms with Crippen molar-refractivity contribution in [1.82, 2.24) is 25.1 Å². The Labute approximate surface area is 126 Å². The number of aromatic amines is 2. The molecule has 1 atom stereocenters. The van der Waals surface area contributed by atoms with E-state index in [1.54, 1.807) is 0 Å². The minimum absolute atomic E-state index is 0.462. The summed E-state index contributed by atoms with van der Waals surface area (Å²) in [4.78, 5) is 10.5. The number of unbranched alkanes of at least 4 members (excludes halogenated alkanes) is 1. The Bertz CT molecular complexity index is 531. The van der Waals surface area contributed by atoms with Gasteiger partial charge in [0.2, 0.25) is 0 Å². The number of nitrogens with one attached hydrogen (secondary N) is 2. The molecule has 114 valence electrons. The molecule has 0 aromatic carbocycles. The zero-order chi connectivity index (χ0) is 14.5. The average molecular weight is 287 g/mol. The minimum Gasteiger partial charge on any atom is -0.345 e. The third-order valence-corrected chi connectivity index (χ3v) is 4.32. The van der Waals surface area contributed by atoms with E-state index < -0.39 is 0 Å². The predicted molar refractivity (Wildman–Crippen MR) is 82.8 cm³/mol. The first kappa shape index (κ1) is 14.3.